The third kappa shape index (κ3) is 3.51. The summed E-state index contributed by atoms with van der Waals surface area (Å²) in [5.41, 5.74) is -6.31. The molecule has 0 aromatic heterocycles. The Labute approximate surface area is 75.4 Å². The number of nitrogens with one attached hydrogen (secondary N) is 1. The average Bonchev–Trinajstić information content (AvgIpc) is 1.83. The second-order valence-electron chi connectivity index (χ2n) is 3.29. The van der Waals surface area contributed by atoms with E-state index in [0.717, 1.165) is 0 Å². The van der Waals surface area contributed by atoms with E-state index < -0.39 is 21.1 Å². The number of rotatable bonds is 3. The van der Waals surface area contributed by atoms with Gasteiger partial charge in [0.1, 0.15) is 0 Å². The molecule has 0 amide bonds. The molecule has 0 aliphatic rings. The van der Waals surface area contributed by atoms with Gasteiger partial charge in [0, 0.05) is 5.54 Å². The van der Waals surface area contributed by atoms with Crippen LogP contribution in [0.5, 0.6) is 0 Å². The molecule has 0 aliphatic carbocycles. The van der Waals surface area contributed by atoms with E-state index in [1.165, 1.54) is 13.8 Å². The van der Waals surface area contributed by atoms with Crippen molar-refractivity contribution < 1.29 is 21.6 Å². The Balaban J connectivity index is 4.74. The van der Waals surface area contributed by atoms with Crippen LogP contribution in [0.4, 0.5) is 13.2 Å². The van der Waals surface area contributed by atoms with Gasteiger partial charge in [0.15, 0.2) is 0 Å². The van der Waals surface area contributed by atoms with Crippen LogP contribution in [0.2, 0.25) is 0 Å². The average molecular weight is 219 g/mol. The lowest BCUT2D eigenvalue weighted by atomic mass is 10.0. The minimum atomic E-state index is -5.24. The van der Waals surface area contributed by atoms with E-state index in [9.17, 15) is 21.6 Å². The maximum Gasteiger partial charge on any atom is 0.511 e. The first-order chi connectivity index (χ1) is 5.52. The van der Waals surface area contributed by atoms with Crippen LogP contribution in [0.1, 0.15) is 27.2 Å². The van der Waals surface area contributed by atoms with Crippen molar-refractivity contribution in [2.75, 3.05) is 0 Å². The molecule has 0 aromatic carbocycles. The summed E-state index contributed by atoms with van der Waals surface area (Å²) in [5.74, 6) is 0. The monoisotopic (exact) mass is 219 g/mol. The zero-order valence-electron chi connectivity index (χ0n) is 7.57. The molecule has 0 heterocycles. The van der Waals surface area contributed by atoms with Gasteiger partial charge in [0.2, 0.25) is 0 Å². The molecule has 0 aromatic rings. The predicted octanol–water partition coefficient (Wildman–Crippen LogP) is 1.61. The molecule has 0 radical (unpaired) electrons. The second-order valence-corrected chi connectivity index (χ2v) is 4.96. The topological polar surface area (TPSA) is 46.2 Å². The van der Waals surface area contributed by atoms with E-state index in [1.807, 2.05) is 0 Å². The van der Waals surface area contributed by atoms with Crippen molar-refractivity contribution in [2.24, 2.45) is 0 Å². The smallest absolute Gasteiger partial charge is 0.203 e. The third-order valence-electron chi connectivity index (χ3n) is 1.60. The molecule has 0 spiro atoms. The Kier molecular flexibility index (Phi) is 3.37. The third-order valence-corrected chi connectivity index (χ3v) is 3.03. The van der Waals surface area contributed by atoms with Gasteiger partial charge in [0.25, 0.3) is 0 Å². The maximum atomic E-state index is 11.8. The lowest BCUT2D eigenvalue weighted by Crippen LogP contribution is -2.48. The Bertz CT molecular complexity index is 268. The SMILES string of the molecule is CCC(C)(C)NS(=O)(=O)C(F)(F)F. The molecule has 80 valence electrons. The standard InChI is InChI=1S/C6H12F3NO2S/c1-4-5(2,3)10-13(11,12)6(7,8)9/h10H,4H2,1-3H3. The van der Waals surface area contributed by atoms with Gasteiger partial charge in [-0.3, -0.25) is 0 Å². The normalized spacial score (nSPS) is 14.6. The summed E-state index contributed by atoms with van der Waals surface area (Å²) in [5, 5.41) is 0. The molecule has 0 aliphatic heterocycles. The zero-order chi connectivity index (χ0) is 10.9. The number of hydrogen-bond acceptors (Lipinski definition) is 2. The van der Waals surface area contributed by atoms with E-state index in [0.29, 0.717) is 0 Å². The van der Waals surface area contributed by atoms with E-state index in [1.54, 1.807) is 11.6 Å². The molecule has 7 heteroatoms. The number of hydrogen-bond donors (Lipinski definition) is 1. The zero-order valence-corrected chi connectivity index (χ0v) is 8.38. The number of halogens is 3. The van der Waals surface area contributed by atoms with Gasteiger partial charge >= 0.3 is 15.5 Å². The van der Waals surface area contributed by atoms with Crippen molar-refractivity contribution in [3.05, 3.63) is 0 Å². The van der Waals surface area contributed by atoms with Gasteiger partial charge in [-0.05, 0) is 20.3 Å². The van der Waals surface area contributed by atoms with Gasteiger partial charge in [0.05, 0.1) is 0 Å². The molecule has 0 fully saturated rings. The fourth-order valence-electron chi connectivity index (χ4n) is 0.494. The molecule has 1 N–H and O–H groups in total. The van der Waals surface area contributed by atoms with Gasteiger partial charge in [-0.15, -0.1) is 0 Å². The van der Waals surface area contributed by atoms with Crippen molar-refractivity contribution >= 4 is 10.0 Å². The van der Waals surface area contributed by atoms with Crippen molar-refractivity contribution in [3.63, 3.8) is 0 Å². The summed E-state index contributed by atoms with van der Waals surface area (Å²) < 4.78 is 58.3. The summed E-state index contributed by atoms with van der Waals surface area (Å²) in [6, 6.07) is 0. The Hall–Kier alpha value is -0.300. The Morgan fingerprint density at radius 3 is 1.85 bits per heavy atom. The minimum absolute atomic E-state index is 0.280. The fraction of sp³-hybridized carbons (Fsp3) is 1.00. The molecule has 0 atom stereocenters. The molecule has 13 heavy (non-hydrogen) atoms. The molecule has 0 rings (SSSR count). The van der Waals surface area contributed by atoms with Crippen molar-refractivity contribution in [1.82, 2.24) is 4.72 Å². The van der Waals surface area contributed by atoms with Crippen LogP contribution in [0.25, 0.3) is 0 Å². The summed E-state index contributed by atoms with van der Waals surface area (Å²) in [4.78, 5) is 0. The first-order valence-corrected chi connectivity index (χ1v) is 5.10. The van der Waals surface area contributed by atoms with Crippen LogP contribution in [0.3, 0.4) is 0 Å². The molecular formula is C6H12F3NO2S. The van der Waals surface area contributed by atoms with E-state index >= 15 is 0 Å². The van der Waals surface area contributed by atoms with Crippen molar-refractivity contribution in [1.29, 1.82) is 0 Å². The maximum absolute atomic E-state index is 11.8. The van der Waals surface area contributed by atoms with E-state index in [4.69, 9.17) is 0 Å². The number of alkyl halides is 3. The van der Waals surface area contributed by atoms with Crippen LogP contribution in [-0.4, -0.2) is 19.5 Å². The molecule has 0 unspecified atom stereocenters. The second kappa shape index (κ2) is 3.45. The summed E-state index contributed by atoms with van der Waals surface area (Å²) in [7, 11) is -5.22. The van der Waals surface area contributed by atoms with Gasteiger partial charge in [-0.1, -0.05) is 6.92 Å². The number of sulfonamides is 1. The van der Waals surface area contributed by atoms with Gasteiger partial charge in [-0.2, -0.15) is 13.2 Å². The lowest BCUT2D eigenvalue weighted by Gasteiger charge is -2.24. The van der Waals surface area contributed by atoms with Crippen LogP contribution in [-0.2, 0) is 10.0 Å². The van der Waals surface area contributed by atoms with Gasteiger partial charge in [-0.25, -0.2) is 13.1 Å². The van der Waals surface area contributed by atoms with Crippen LogP contribution in [0.15, 0.2) is 0 Å². The molecular weight excluding hydrogens is 207 g/mol. The van der Waals surface area contributed by atoms with Gasteiger partial charge < -0.3 is 0 Å². The predicted molar refractivity (Wildman–Crippen MR) is 42.5 cm³/mol. The highest BCUT2D eigenvalue weighted by molar-refractivity contribution is 7.90. The first kappa shape index (κ1) is 12.7. The summed E-state index contributed by atoms with van der Waals surface area (Å²) >= 11 is 0. The lowest BCUT2D eigenvalue weighted by molar-refractivity contribution is -0.0455. The minimum Gasteiger partial charge on any atom is -0.203 e. The Morgan fingerprint density at radius 1 is 1.23 bits per heavy atom. The van der Waals surface area contributed by atoms with Crippen LogP contribution < -0.4 is 4.72 Å². The molecule has 0 saturated heterocycles. The Morgan fingerprint density at radius 2 is 1.62 bits per heavy atom. The van der Waals surface area contributed by atoms with E-state index in [-0.39, 0.29) is 6.42 Å². The molecule has 0 saturated carbocycles. The first-order valence-electron chi connectivity index (χ1n) is 3.62. The van der Waals surface area contributed by atoms with E-state index in [2.05, 4.69) is 0 Å². The van der Waals surface area contributed by atoms with Crippen molar-refractivity contribution in [3.8, 4) is 0 Å². The van der Waals surface area contributed by atoms with Crippen molar-refractivity contribution in [2.45, 2.75) is 38.2 Å². The van der Waals surface area contributed by atoms with Crippen LogP contribution in [0, 0.1) is 0 Å². The highest BCUT2D eigenvalue weighted by Gasteiger charge is 2.47. The quantitative estimate of drug-likeness (QED) is 0.783. The fourth-order valence-corrected chi connectivity index (χ4v) is 1.48. The highest BCUT2D eigenvalue weighted by atomic mass is 32.2. The summed E-state index contributed by atoms with van der Waals surface area (Å²) in [6.45, 7) is 4.37. The largest absolute Gasteiger partial charge is 0.511 e. The molecule has 3 nitrogen and oxygen atoms in total. The summed E-state index contributed by atoms with van der Waals surface area (Å²) in [6.07, 6.45) is 0.280. The molecule has 0 bridgehead atoms. The van der Waals surface area contributed by atoms with Crippen LogP contribution >= 0.6 is 0 Å². The highest BCUT2D eigenvalue weighted by Crippen LogP contribution is 2.24.